The summed E-state index contributed by atoms with van der Waals surface area (Å²) >= 11 is 0. The molecule has 264 valence electrons. The molecular formula is C39H54N6O4. The Kier molecular flexibility index (Phi) is 11.2. The predicted molar refractivity (Wildman–Crippen MR) is 193 cm³/mol. The number of piperidine rings is 1. The Morgan fingerprint density at radius 3 is 2.22 bits per heavy atom. The van der Waals surface area contributed by atoms with Gasteiger partial charge in [-0.25, -0.2) is 14.3 Å². The summed E-state index contributed by atoms with van der Waals surface area (Å²) < 4.78 is 13.7. The van der Waals surface area contributed by atoms with E-state index < -0.39 is 11.7 Å². The van der Waals surface area contributed by atoms with Crippen molar-refractivity contribution < 1.29 is 19.4 Å². The Bertz CT molecular complexity index is 1710. The highest BCUT2D eigenvalue weighted by Crippen LogP contribution is 2.33. The van der Waals surface area contributed by atoms with Gasteiger partial charge in [-0.05, 0) is 108 Å². The fraction of sp³-hybridized carbons (Fsp3) is 0.538. The zero-order valence-corrected chi connectivity index (χ0v) is 30.8. The van der Waals surface area contributed by atoms with Gasteiger partial charge in [0.25, 0.3) is 0 Å². The van der Waals surface area contributed by atoms with Crippen molar-refractivity contribution in [1.29, 1.82) is 0 Å². The number of carbonyl (C=O) groups excluding carboxylic acids is 1. The standard InChI is InChI=1S/C39H54N6O4/c1-10-12-29(6)48-37-41-36(44(22-30-16-14-25(2)27(4)19-30)23-31-17-15-26(3)28(5)20-31)35-40-21-33(45(35)42-37)34(46)32-13-11-18-43(24-32)38(47)49-39(7,8)9/h14-17,19-21,29,32,34,46H,10-13,18,22-24H2,1-9H3/t29-,32?,34?/m0/s1. The topological polar surface area (TPSA) is 105 Å². The van der Waals surface area contributed by atoms with E-state index in [1.54, 1.807) is 15.6 Å². The van der Waals surface area contributed by atoms with Gasteiger partial charge >= 0.3 is 12.1 Å². The van der Waals surface area contributed by atoms with Gasteiger partial charge in [0.05, 0.1) is 18.0 Å². The van der Waals surface area contributed by atoms with E-state index in [0.29, 0.717) is 43.3 Å². The molecule has 0 saturated carbocycles. The number of hydrogen-bond donors (Lipinski definition) is 1. The molecule has 3 atom stereocenters. The fourth-order valence-electron chi connectivity index (χ4n) is 6.43. The molecule has 2 aromatic heterocycles. The van der Waals surface area contributed by atoms with Crippen molar-refractivity contribution in [2.75, 3.05) is 18.0 Å². The molecule has 49 heavy (non-hydrogen) atoms. The third-order valence-corrected chi connectivity index (χ3v) is 9.40. The first-order valence-electron chi connectivity index (χ1n) is 17.7. The maximum Gasteiger partial charge on any atom is 0.410 e. The van der Waals surface area contributed by atoms with Gasteiger partial charge in [-0.3, -0.25) is 0 Å². The van der Waals surface area contributed by atoms with Gasteiger partial charge in [0.1, 0.15) is 11.7 Å². The minimum atomic E-state index is -0.920. The van der Waals surface area contributed by atoms with Gasteiger partial charge < -0.3 is 24.4 Å². The molecule has 1 amide bonds. The van der Waals surface area contributed by atoms with Crippen LogP contribution in [0.5, 0.6) is 6.01 Å². The van der Waals surface area contributed by atoms with E-state index in [9.17, 15) is 9.90 Å². The summed E-state index contributed by atoms with van der Waals surface area (Å²) in [5, 5.41) is 16.7. The summed E-state index contributed by atoms with van der Waals surface area (Å²) in [6.07, 6.45) is 3.65. The van der Waals surface area contributed by atoms with Gasteiger partial charge in [0.2, 0.25) is 0 Å². The Morgan fingerprint density at radius 1 is 1.02 bits per heavy atom. The van der Waals surface area contributed by atoms with Crippen LogP contribution in [0.4, 0.5) is 10.6 Å². The summed E-state index contributed by atoms with van der Waals surface area (Å²) in [6.45, 7) is 20.4. The number of benzene rings is 2. The van der Waals surface area contributed by atoms with E-state index in [-0.39, 0.29) is 24.1 Å². The molecule has 10 nitrogen and oxygen atoms in total. The summed E-state index contributed by atoms with van der Waals surface area (Å²) in [7, 11) is 0. The molecule has 2 unspecified atom stereocenters. The molecule has 0 aliphatic carbocycles. The van der Waals surface area contributed by atoms with E-state index >= 15 is 0 Å². The number of imidazole rings is 1. The molecule has 4 aromatic rings. The van der Waals surface area contributed by atoms with Crippen molar-refractivity contribution in [2.24, 2.45) is 5.92 Å². The quantitative estimate of drug-likeness (QED) is 0.172. The highest BCUT2D eigenvalue weighted by atomic mass is 16.6. The third kappa shape index (κ3) is 8.90. The Balaban J connectivity index is 1.57. The monoisotopic (exact) mass is 670 g/mol. The first kappa shape index (κ1) is 36.1. The predicted octanol–water partition coefficient (Wildman–Crippen LogP) is 7.81. The number of ether oxygens (including phenoxy) is 2. The SMILES string of the molecule is CCC[C@H](C)Oc1nc(N(Cc2ccc(C)c(C)c2)Cc2ccc(C)c(C)c2)c2ncc(C(O)C3CCCN(C(=O)OC(C)(C)C)C3)n2n1. The number of nitrogens with zero attached hydrogens (tertiary/aromatic N) is 6. The number of anilines is 1. The minimum absolute atomic E-state index is 0.0964. The normalized spacial score (nSPS) is 16.4. The highest BCUT2D eigenvalue weighted by molar-refractivity contribution is 5.68. The Hall–Kier alpha value is -4.18. The van der Waals surface area contributed by atoms with E-state index in [0.717, 1.165) is 36.8 Å². The largest absolute Gasteiger partial charge is 0.459 e. The summed E-state index contributed by atoms with van der Waals surface area (Å²) in [4.78, 5) is 26.7. The number of fused-ring (bicyclic) bond motifs is 1. The fourth-order valence-corrected chi connectivity index (χ4v) is 6.43. The highest BCUT2D eigenvalue weighted by Gasteiger charge is 2.34. The van der Waals surface area contributed by atoms with Crippen molar-refractivity contribution in [3.63, 3.8) is 0 Å². The lowest BCUT2D eigenvalue weighted by atomic mass is 9.91. The molecule has 1 fully saturated rings. The second-order valence-corrected chi connectivity index (χ2v) is 14.8. The molecule has 1 saturated heterocycles. The first-order valence-corrected chi connectivity index (χ1v) is 17.7. The van der Waals surface area contributed by atoms with Crippen LogP contribution in [-0.2, 0) is 17.8 Å². The number of rotatable bonds is 11. The van der Waals surface area contributed by atoms with Crippen molar-refractivity contribution >= 4 is 17.6 Å². The second kappa shape index (κ2) is 15.2. The van der Waals surface area contributed by atoms with Crippen LogP contribution in [0, 0.1) is 33.6 Å². The number of carbonyl (C=O) groups is 1. The summed E-state index contributed by atoms with van der Waals surface area (Å²) in [5.74, 6) is 0.410. The number of hydrogen-bond acceptors (Lipinski definition) is 8. The van der Waals surface area contributed by atoms with Gasteiger partial charge in [-0.1, -0.05) is 49.7 Å². The van der Waals surface area contributed by atoms with Crippen LogP contribution in [0.25, 0.3) is 5.65 Å². The van der Waals surface area contributed by atoms with Crippen molar-refractivity contribution in [2.45, 2.75) is 119 Å². The zero-order chi connectivity index (χ0) is 35.5. The Labute approximate surface area is 291 Å². The van der Waals surface area contributed by atoms with E-state index in [1.165, 1.54) is 22.3 Å². The number of aryl methyl sites for hydroxylation is 4. The number of aromatic nitrogens is 4. The van der Waals surface area contributed by atoms with Crippen molar-refractivity contribution in [3.8, 4) is 6.01 Å². The van der Waals surface area contributed by atoms with Gasteiger partial charge in [-0.15, -0.1) is 5.10 Å². The van der Waals surface area contributed by atoms with Gasteiger partial charge in [-0.2, -0.15) is 4.98 Å². The number of aliphatic hydroxyl groups excluding tert-OH is 1. The van der Waals surface area contributed by atoms with Crippen LogP contribution in [0.1, 0.15) is 105 Å². The molecule has 1 aliphatic heterocycles. The average Bonchev–Trinajstić information content (AvgIpc) is 3.47. The molecule has 3 heterocycles. The summed E-state index contributed by atoms with van der Waals surface area (Å²) in [6, 6.07) is 13.3. The minimum Gasteiger partial charge on any atom is -0.459 e. The van der Waals surface area contributed by atoms with E-state index in [1.807, 2.05) is 27.7 Å². The lowest BCUT2D eigenvalue weighted by Crippen LogP contribution is -2.44. The third-order valence-electron chi connectivity index (χ3n) is 9.40. The van der Waals surface area contributed by atoms with Crippen LogP contribution in [0.15, 0.2) is 42.6 Å². The lowest BCUT2D eigenvalue weighted by molar-refractivity contribution is 0.00144. The van der Waals surface area contributed by atoms with Crippen LogP contribution in [-0.4, -0.2) is 60.5 Å². The molecule has 1 aliphatic rings. The molecule has 10 heteroatoms. The maximum atomic E-state index is 12.9. The van der Waals surface area contributed by atoms with Crippen LogP contribution < -0.4 is 9.64 Å². The van der Waals surface area contributed by atoms with Crippen LogP contribution >= 0.6 is 0 Å². The zero-order valence-electron chi connectivity index (χ0n) is 30.8. The van der Waals surface area contributed by atoms with Crippen molar-refractivity contribution in [1.82, 2.24) is 24.5 Å². The van der Waals surface area contributed by atoms with Gasteiger partial charge in [0.15, 0.2) is 11.5 Å². The maximum absolute atomic E-state index is 12.9. The van der Waals surface area contributed by atoms with Crippen LogP contribution in [0.2, 0.25) is 0 Å². The first-order chi connectivity index (χ1) is 23.2. The molecular weight excluding hydrogens is 616 g/mol. The molecule has 5 rings (SSSR count). The number of aliphatic hydroxyl groups is 1. The average molecular weight is 671 g/mol. The molecule has 0 radical (unpaired) electrons. The van der Waals surface area contributed by atoms with E-state index in [4.69, 9.17) is 24.5 Å². The van der Waals surface area contributed by atoms with E-state index in [2.05, 4.69) is 75.9 Å². The number of amides is 1. The van der Waals surface area contributed by atoms with Crippen LogP contribution in [0.3, 0.4) is 0 Å². The second-order valence-electron chi connectivity index (χ2n) is 14.8. The Morgan fingerprint density at radius 2 is 1.65 bits per heavy atom. The lowest BCUT2D eigenvalue weighted by Gasteiger charge is -2.35. The molecule has 1 N–H and O–H groups in total. The summed E-state index contributed by atoms with van der Waals surface area (Å²) in [5.41, 5.74) is 7.74. The molecule has 0 spiro atoms. The molecule has 2 aromatic carbocycles. The molecule has 0 bridgehead atoms. The van der Waals surface area contributed by atoms with Crippen molar-refractivity contribution in [3.05, 3.63) is 81.7 Å². The van der Waals surface area contributed by atoms with Gasteiger partial charge in [0, 0.05) is 32.1 Å². The smallest absolute Gasteiger partial charge is 0.410 e. The number of likely N-dealkylation sites (tertiary alicyclic amines) is 1.